The molecule has 1 unspecified atom stereocenters. The summed E-state index contributed by atoms with van der Waals surface area (Å²) in [4.78, 5) is 27.1. The van der Waals surface area contributed by atoms with Gasteiger partial charge in [-0.25, -0.2) is 0 Å². The van der Waals surface area contributed by atoms with E-state index < -0.39 is 17.4 Å². The van der Waals surface area contributed by atoms with Gasteiger partial charge in [-0.15, -0.1) is 0 Å². The number of ether oxygens (including phenoxy) is 1. The molecule has 0 bridgehead atoms. The maximum Gasteiger partial charge on any atom is 0.219 e. The van der Waals surface area contributed by atoms with E-state index in [0.29, 0.717) is 6.61 Å². The van der Waals surface area contributed by atoms with E-state index in [9.17, 15) is 9.59 Å². The van der Waals surface area contributed by atoms with Crippen molar-refractivity contribution in [1.82, 2.24) is 4.90 Å². The van der Waals surface area contributed by atoms with Crippen molar-refractivity contribution in [2.45, 2.75) is 51.2 Å². The molecular formula is C24H30N2O3. The number of nitrogens with zero attached hydrogens (tertiary/aromatic N) is 1. The molecule has 1 saturated heterocycles. The maximum absolute atomic E-state index is 13.4. The highest BCUT2D eigenvalue weighted by molar-refractivity contribution is 5.96. The van der Waals surface area contributed by atoms with Crippen LogP contribution in [0.4, 0.5) is 0 Å². The minimum absolute atomic E-state index is 0.0381. The van der Waals surface area contributed by atoms with Crippen molar-refractivity contribution in [3.63, 3.8) is 0 Å². The molecule has 1 amide bonds. The number of likely N-dealkylation sites (tertiary alicyclic amines) is 1. The van der Waals surface area contributed by atoms with Crippen molar-refractivity contribution in [3.05, 3.63) is 65.7 Å². The van der Waals surface area contributed by atoms with Crippen LogP contribution in [-0.2, 0) is 21.6 Å². The molecular weight excluding hydrogens is 364 g/mol. The van der Waals surface area contributed by atoms with E-state index in [-0.39, 0.29) is 12.2 Å². The second-order valence-electron chi connectivity index (χ2n) is 8.22. The zero-order valence-corrected chi connectivity index (χ0v) is 17.3. The Morgan fingerprint density at radius 2 is 1.66 bits per heavy atom. The molecule has 0 radical (unpaired) electrons. The topological polar surface area (TPSA) is 72.6 Å². The summed E-state index contributed by atoms with van der Waals surface area (Å²) < 4.78 is 5.85. The van der Waals surface area contributed by atoms with Crippen LogP contribution in [0, 0.1) is 0 Å². The van der Waals surface area contributed by atoms with Gasteiger partial charge in [-0.2, -0.15) is 0 Å². The van der Waals surface area contributed by atoms with Gasteiger partial charge in [-0.05, 0) is 63.0 Å². The van der Waals surface area contributed by atoms with Crippen molar-refractivity contribution in [1.29, 1.82) is 0 Å². The van der Waals surface area contributed by atoms with Crippen molar-refractivity contribution in [2.75, 3.05) is 13.1 Å². The number of carbonyl (C=O) groups excluding carboxylic acids is 2. The average molecular weight is 395 g/mol. The van der Waals surface area contributed by atoms with Crippen LogP contribution in [0.2, 0.25) is 0 Å². The van der Waals surface area contributed by atoms with E-state index in [1.54, 1.807) is 0 Å². The molecule has 2 aromatic rings. The molecule has 1 aliphatic rings. The molecule has 2 N–H and O–H groups in total. The summed E-state index contributed by atoms with van der Waals surface area (Å²) >= 11 is 0. The zero-order chi connectivity index (χ0) is 20.9. The lowest BCUT2D eigenvalue weighted by Gasteiger charge is -2.33. The number of ketones is 1. The first-order chi connectivity index (χ1) is 13.9. The summed E-state index contributed by atoms with van der Waals surface area (Å²) in [6.07, 6.45) is 2.17. The van der Waals surface area contributed by atoms with Gasteiger partial charge in [0.05, 0.1) is 6.04 Å². The lowest BCUT2D eigenvalue weighted by atomic mass is 9.77. The predicted molar refractivity (Wildman–Crippen MR) is 114 cm³/mol. The summed E-state index contributed by atoms with van der Waals surface area (Å²) in [7, 11) is 0. The maximum atomic E-state index is 13.4. The van der Waals surface area contributed by atoms with Crippen molar-refractivity contribution in [3.8, 4) is 5.75 Å². The van der Waals surface area contributed by atoms with Gasteiger partial charge in [-0.1, -0.05) is 42.5 Å². The molecule has 0 spiro atoms. The second-order valence-corrected chi connectivity index (χ2v) is 8.22. The number of hydrogen-bond donors (Lipinski definition) is 1. The Hall–Kier alpha value is -2.66. The predicted octanol–water partition coefficient (Wildman–Crippen LogP) is 3.45. The highest BCUT2D eigenvalue weighted by Gasteiger charge is 2.39. The highest BCUT2D eigenvalue weighted by Crippen LogP contribution is 2.30. The van der Waals surface area contributed by atoms with Gasteiger partial charge in [0.25, 0.3) is 0 Å². The van der Waals surface area contributed by atoms with Gasteiger partial charge in [0.1, 0.15) is 12.4 Å². The molecule has 0 saturated carbocycles. The molecule has 0 aromatic heterocycles. The Morgan fingerprint density at radius 1 is 1.03 bits per heavy atom. The SMILES string of the molecule is CC(C)(C(=O)C(CC(N)=O)N1CCCC1)c1ccc(OCc2ccccc2)cc1. The van der Waals surface area contributed by atoms with E-state index in [0.717, 1.165) is 42.8 Å². The largest absolute Gasteiger partial charge is 0.489 e. The Bertz CT molecular complexity index is 825. The van der Waals surface area contributed by atoms with Crippen LogP contribution in [0.25, 0.3) is 0 Å². The van der Waals surface area contributed by atoms with Gasteiger partial charge in [0, 0.05) is 11.8 Å². The molecule has 154 valence electrons. The molecule has 1 aliphatic heterocycles. The third-order valence-electron chi connectivity index (χ3n) is 5.72. The fraction of sp³-hybridized carbons (Fsp3) is 0.417. The highest BCUT2D eigenvalue weighted by atomic mass is 16.5. The van der Waals surface area contributed by atoms with Gasteiger partial charge in [0.15, 0.2) is 5.78 Å². The lowest BCUT2D eigenvalue weighted by Crippen LogP contribution is -2.49. The molecule has 29 heavy (non-hydrogen) atoms. The molecule has 3 rings (SSSR count). The lowest BCUT2D eigenvalue weighted by molar-refractivity contribution is -0.132. The van der Waals surface area contributed by atoms with Crippen molar-refractivity contribution >= 4 is 11.7 Å². The van der Waals surface area contributed by atoms with Crippen LogP contribution in [0.15, 0.2) is 54.6 Å². The average Bonchev–Trinajstić information content (AvgIpc) is 3.25. The fourth-order valence-corrected chi connectivity index (χ4v) is 3.90. The first kappa shape index (κ1) is 21.1. The third kappa shape index (κ3) is 5.24. The summed E-state index contributed by atoms with van der Waals surface area (Å²) in [6.45, 7) is 6.01. The Labute approximate surface area is 172 Å². The zero-order valence-electron chi connectivity index (χ0n) is 17.3. The molecule has 1 atom stereocenters. The number of nitrogens with two attached hydrogens (primary N) is 1. The van der Waals surface area contributed by atoms with Crippen LogP contribution in [-0.4, -0.2) is 35.7 Å². The third-order valence-corrected chi connectivity index (χ3v) is 5.72. The number of amides is 1. The van der Waals surface area contributed by atoms with Crippen molar-refractivity contribution < 1.29 is 14.3 Å². The first-order valence-corrected chi connectivity index (χ1v) is 10.2. The van der Waals surface area contributed by atoms with E-state index >= 15 is 0 Å². The van der Waals surface area contributed by atoms with E-state index in [1.165, 1.54) is 0 Å². The van der Waals surface area contributed by atoms with Crippen molar-refractivity contribution in [2.24, 2.45) is 5.73 Å². The Balaban J connectivity index is 1.71. The monoisotopic (exact) mass is 394 g/mol. The van der Waals surface area contributed by atoms with Gasteiger partial charge in [-0.3, -0.25) is 14.5 Å². The van der Waals surface area contributed by atoms with Crippen LogP contribution in [0.3, 0.4) is 0 Å². The Kier molecular flexibility index (Phi) is 6.70. The van der Waals surface area contributed by atoms with Gasteiger partial charge < -0.3 is 10.5 Å². The summed E-state index contributed by atoms with van der Waals surface area (Å²) in [5, 5.41) is 0. The number of Topliss-reactive ketones (excluding diaryl/α,β-unsaturated/α-hetero) is 1. The fourth-order valence-electron chi connectivity index (χ4n) is 3.90. The molecule has 5 nitrogen and oxygen atoms in total. The summed E-state index contributed by atoms with van der Waals surface area (Å²) in [6, 6.07) is 17.2. The van der Waals surface area contributed by atoms with Crippen LogP contribution < -0.4 is 10.5 Å². The normalized spacial score (nSPS) is 15.8. The van der Waals surface area contributed by atoms with E-state index in [4.69, 9.17) is 10.5 Å². The smallest absolute Gasteiger partial charge is 0.219 e. The number of rotatable bonds is 9. The first-order valence-electron chi connectivity index (χ1n) is 10.2. The van der Waals surface area contributed by atoms with Crippen LogP contribution in [0.5, 0.6) is 5.75 Å². The molecule has 2 aromatic carbocycles. The van der Waals surface area contributed by atoms with Gasteiger partial charge >= 0.3 is 0 Å². The van der Waals surface area contributed by atoms with Gasteiger partial charge in [0.2, 0.25) is 5.91 Å². The van der Waals surface area contributed by atoms with E-state index in [2.05, 4.69) is 4.90 Å². The molecule has 5 heteroatoms. The molecule has 0 aliphatic carbocycles. The van der Waals surface area contributed by atoms with Crippen LogP contribution >= 0.6 is 0 Å². The number of benzene rings is 2. The Morgan fingerprint density at radius 3 is 2.24 bits per heavy atom. The second kappa shape index (κ2) is 9.23. The quantitative estimate of drug-likeness (QED) is 0.707. The number of primary amides is 1. The minimum Gasteiger partial charge on any atom is -0.489 e. The molecule has 1 heterocycles. The number of hydrogen-bond acceptors (Lipinski definition) is 4. The van der Waals surface area contributed by atoms with E-state index in [1.807, 2.05) is 68.4 Å². The molecule has 1 fully saturated rings. The minimum atomic E-state index is -0.722. The van der Waals surface area contributed by atoms with Crippen LogP contribution in [0.1, 0.15) is 44.2 Å². The standard InChI is InChI=1S/C24H30N2O3/c1-24(2,23(28)21(16-22(25)27)26-14-6-7-15-26)19-10-12-20(13-11-19)29-17-18-8-4-3-5-9-18/h3-5,8-13,21H,6-7,14-17H2,1-2H3,(H2,25,27). The summed E-state index contributed by atoms with van der Waals surface area (Å²) in [5.74, 6) is 0.362. The number of carbonyl (C=O) groups is 2. The summed E-state index contributed by atoms with van der Waals surface area (Å²) in [5.41, 5.74) is 6.74.